The van der Waals surface area contributed by atoms with E-state index >= 15 is 0 Å². The van der Waals surface area contributed by atoms with E-state index < -0.39 is 12.8 Å². The summed E-state index contributed by atoms with van der Waals surface area (Å²) in [7, 11) is 0.606. The van der Waals surface area contributed by atoms with Crippen molar-refractivity contribution in [1.29, 1.82) is 0 Å². The summed E-state index contributed by atoms with van der Waals surface area (Å²) >= 11 is 0. The van der Waals surface area contributed by atoms with Gasteiger partial charge >= 0.3 is 6.18 Å². The van der Waals surface area contributed by atoms with Gasteiger partial charge in [0.05, 0.1) is 6.20 Å². The molecule has 0 aliphatic heterocycles. The minimum atomic E-state index is -4.28. The lowest BCUT2D eigenvalue weighted by Crippen LogP contribution is -2.18. The molecular formula is C6H5F3NOP. The molecule has 0 aliphatic rings. The Morgan fingerprint density at radius 1 is 1.50 bits per heavy atom. The molecule has 1 rings (SSSR count). The zero-order valence-electron chi connectivity index (χ0n) is 5.88. The van der Waals surface area contributed by atoms with Gasteiger partial charge in [0.2, 0.25) is 0 Å². The Labute approximate surface area is 68.5 Å². The van der Waals surface area contributed by atoms with E-state index in [-0.39, 0.29) is 5.48 Å². The molecule has 66 valence electrons. The van der Waals surface area contributed by atoms with Crippen LogP contribution in [0.15, 0.2) is 18.2 Å². The summed E-state index contributed by atoms with van der Waals surface area (Å²) in [5.74, 6) is 1.60. The molecule has 0 radical (unpaired) electrons. The first kappa shape index (κ1) is 9.26. The van der Waals surface area contributed by atoms with Gasteiger partial charge < -0.3 is 4.74 Å². The largest absolute Gasteiger partial charge is 0.478 e. The van der Waals surface area contributed by atoms with Gasteiger partial charge in [-0.2, -0.15) is 13.2 Å². The van der Waals surface area contributed by atoms with Crippen molar-refractivity contribution in [3.63, 3.8) is 0 Å². The van der Waals surface area contributed by atoms with Crippen LogP contribution in [0.2, 0.25) is 0 Å². The van der Waals surface area contributed by atoms with E-state index in [4.69, 9.17) is 0 Å². The Morgan fingerprint density at radius 2 is 2.25 bits per heavy atom. The van der Waals surface area contributed by atoms with E-state index in [0.717, 1.165) is 0 Å². The highest BCUT2D eigenvalue weighted by molar-refractivity contribution is 7.31. The van der Waals surface area contributed by atoms with Crippen LogP contribution in [0.1, 0.15) is 0 Å². The fraction of sp³-hybridized carbons (Fsp3) is 0.333. The molecule has 1 heterocycles. The number of halogens is 3. The minimum absolute atomic E-state index is 0.217. The summed E-state index contributed by atoms with van der Waals surface area (Å²) in [6.45, 7) is -1.25. The van der Waals surface area contributed by atoms with Gasteiger partial charge in [-0.15, -0.1) is 0 Å². The Morgan fingerprint density at radius 3 is 2.75 bits per heavy atom. The third-order valence-corrected chi connectivity index (χ3v) is 1.70. The Kier molecular flexibility index (Phi) is 2.87. The van der Waals surface area contributed by atoms with Gasteiger partial charge in [0.25, 0.3) is 0 Å². The average molecular weight is 195 g/mol. The third kappa shape index (κ3) is 3.53. The topological polar surface area (TPSA) is 22.1 Å². The summed E-state index contributed by atoms with van der Waals surface area (Å²) in [5.41, 5.74) is 0.217. The van der Waals surface area contributed by atoms with Crippen LogP contribution in [0.5, 0.6) is 5.48 Å². The van der Waals surface area contributed by atoms with Crippen LogP contribution in [-0.4, -0.2) is 17.8 Å². The van der Waals surface area contributed by atoms with Crippen LogP contribution in [0.25, 0.3) is 0 Å². The molecule has 0 unspecified atom stereocenters. The predicted octanol–water partition coefficient (Wildman–Crippen LogP) is 2.60. The molecule has 6 heteroatoms. The van der Waals surface area contributed by atoms with E-state index in [0.29, 0.717) is 8.19 Å². The fourth-order valence-electron chi connectivity index (χ4n) is 0.516. The number of alkyl halides is 3. The highest BCUT2D eigenvalue weighted by Gasteiger charge is 2.28. The predicted molar refractivity (Wildman–Crippen MR) is 38.3 cm³/mol. The second kappa shape index (κ2) is 3.72. The molecule has 1 aromatic heterocycles. The van der Waals surface area contributed by atoms with E-state index in [2.05, 4.69) is 9.72 Å². The lowest BCUT2D eigenvalue weighted by Gasteiger charge is -2.07. The fourth-order valence-corrected chi connectivity index (χ4v) is 1.08. The quantitative estimate of drug-likeness (QED) is 0.723. The maximum atomic E-state index is 11.6. The molecule has 0 bridgehead atoms. The van der Waals surface area contributed by atoms with Crippen molar-refractivity contribution in [2.24, 2.45) is 0 Å². The molecule has 0 amide bonds. The summed E-state index contributed by atoms with van der Waals surface area (Å²) in [5, 5.41) is 0. The maximum absolute atomic E-state index is 11.6. The second-order valence-corrected chi connectivity index (χ2v) is 2.94. The Balaban J connectivity index is 2.44. The molecule has 0 aliphatic carbocycles. The zero-order valence-corrected chi connectivity index (χ0v) is 6.77. The van der Waals surface area contributed by atoms with Crippen LogP contribution in [-0.2, 0) is 0 Å². The van der Waals surface area contributed by atoms with Gasteiger partial charge in [-0.25, -0.2) is 0 Å². The van der Waals surface area contributed by atoms with Crippen LogP contribution < -0.4 is 4.74 Å². The highest BCUT2D eigenvalue weighted by Crippen LogP contribution is 2.23. The number of ether oxygens (including phenoxy) is 1. The van der Waals surface area contributed by atoms with Gasteiger partial charge in [0.1, 0.15) is 0 Å². The number of aromatic nitrogens is 1. The molecule has 0 fully saturated rings. The highest BCUT2D eigenvalue weighted by atomic mass is 31.0. The lowest BCUT2D eigenvalue weighted by molar-refractivity contribution is -0.152. The zero-order chi connectivity index (χ0) is 9.03. The van der Waals surface area contributed by atoms with E-state index in [1.165, 1.54) is 12.4 Å². The lowest BCUT2D eigenvalue weighted by atomic mass is 10.7. The molecule has 0 N–H and O–H groups in total. The number of rotatable bonds is 2. The van der Waals surface area contributed by atoms with Crippen molar-refractivity contribution >= 4 is 8.19 Å². The number of nitrogens with zero attached hydrogens (tertiary/aromatic N) is 1. The molecule has 1 aromatic rings. The summed E-state index contributed by atoms with van der Waals surface area (Å²) < 4.78 is 39.2. The summed E-state index contributed by atoms with van der Waals surface area (Å²) in [4.78, 5) is 3.62. The summed E-state index contributed by atoms with van der Waals surface area (Å²) in [6, 6.07) is 0. The van der Waals surface area contributed by atoms with Crippen LogP contribution >= 0.6 is 8.19 Å². The summed E-state index contributed by atoms with van der Waals surface area (Å²) in [6.07, 6.45) is -1.51. The average Bonchev–Trinajstić information content (AvgIpc) is 2.02. The molecule has 0 saturated heterocycles. The molecule has 12 heavy (non-hydrogen) atoms. The molecule has 2 nitrogen and oxygen atoms in total. The first-order valence-corrected chi connectivity index (χ1v) is 4.00. The van der Waals surface area contributed by atoms with Crippen molar-refractivity contribution < 1.29 is 17.9 Å². The Hall–Kier alpha value is -0.830. The van der Waals surface area contributed by atoms with E-state index in [1.807, 2.05) is 0 Å². The van der Waals surface area contributed by atoms with Crippen molar-refractivity contribution in [2.75, 3.05) is 6.61 Å². The first-order chi connectivity index (χ1) is 5.58. The molecule has 0 spiro atoms. The van der Waals surface area contributed by atoms with Gasteiger partial charge in [0.15, 0.2) is 12.1 Å². The van der Waals surface area contributed by atoms with Crippen molar-refractivity contribution in [2.45, 2.75) is 6.18 Å². The van der Waals surface area contributed by atoms with Gasteiger partial charge in [-0.05, 0) is 14.0 Å². The molecular weight excluding hydrogens is 190 g/mol. The third-order valence-electron chi connectivity index (χ3n) is 0.923. The van der Waals surface area contributed by atoms with Gasteiger partial charge in [-0.1, -0.05) is 0 Å². The normalized spacial score (nSPS) is 11.9. The molecule has 0 saturated carbocycles. The monoisotopic (exact) mass is 195 g/mol. The first-order valence-electron chi connectivity index (χ1n) is 3.03. The van der Waals surface area contributed by atoms with Crippen LogP contribution in [0.4, 0.5) is 13.2 Å². The standard InChI is InChI=1S/C6H5F3NOP/c7-6(8,9)4-11-5-3-10-1-2-12-5/h1-3H,4H2. The molecule has 0 aromatic carbocycles. The number of hydrogen-bond acceptors (Lipinski definition) is 2. The SMILES string of the molecule is FC(F)(F)COc1cnccp1. The van der Waals surface area contributed by atoms with Crippen molar-refractivity contribution in [1.82, 2.24) is 4.98 Å². The second-order valence-electron chi connectivity index (χ2n) is 1.95. The van der Waals surface area contributed by atoms with E-state index in [1.54, 1.807) is 5.80 Å². The van der Waals surface area contributed by atoms with Crippen molar-refractivity contribution in [3.8, 4) is 5.48 Å². The van der Waals surface area contributed by atoms with Crippen LogP contribution in [0.3, 0.4) is 0 Å². The minimum Gasteiger partial charge on any atom is -0.478 e. The van der Waals surface area contributed by atoms with Crippen molar-refractivity contribution in [3.05, 3.63) is 18.2 Å². The Bertz CT molecular complexity index is 238. The number of hydrogen-bond donors (Lipinski definition) is 0. The maximum Gasteiger partial charge on any atom is 0.422 e. The van der Waals surface area contributed by atoms with Gasteiger partial charge in [0, 0.05) is 6.20 Å². The smallest absolute Gasteiger partial charge is 0.422 e. The van der Waals surface area contributed by atoms with E-state index in [9.17, 15) is 13.2 Å². The van der Waals surface area contributed by atoms with Gasteiger partial charge in [-0.3, -0.25) is 4.98 Å². The molecule has 0 atom stereocenters. The van der Waals surface area contributed by atoms with Crippen LogP contribution in [0, 0.1) is 0 Å².